The van der Waals surface area contributed by atoms with Gasteiger partial charge in [0.2, 0.25) is 5.91 Å². The number of hydrogen-bond donors (Lipinski definition) is 2. The second-order valence-corrected chi connectivity index (χ2v) is 4.48. The first-order valence-electron chi connectivity index (χ1n) is 6.10. The summed E-state index contributed by atoms with van der Waals surface area (Å²) in [5.74, 6) is -2.11. The van der Waals surface area contributed by atoms with E-state index >= 15 is 0 Å². The molecule has 1 amide bonds. The number of amides is 1. The smallest absolute Gasteiger partial charge is 0.224 e. The number of hydrogen-bond acceptors (Lipinski definition) is 2. The van der Waals surface area contributed by atoms with Gasteiger partial charge in [0.1, 0.15) is 0 Å². The first-order chi connectivity index (χ1) is 8.66. The molecule has 0 radical (unpaired) electrons. The van der Waals surface area contributed by atoms with Crippen molar-refractivity contribution in [2.24, 2.45) is 0 Å². The lowest BCUT2D eigenvalue weighted by atomic mass is 10.1. The third-order valence-electron chi connectivity index (χ3n) is 3.09. The van der Waals surface area contributed by atoms with Gasteiger partial charge in [-0.2, -0.15) is 0 Å². The minimum absolute atomic E-state index is 0.0986. The molecule has 98 valence electrons. The molecule has 2 rings (SSSR count). The summed E-state index contributed by atoms with van der Waals surface area (Å²) in [5.41, 5.74) is 0.0986. The quantitative estimate of drug-likeness (QED) is 0.855. The molecule has 0 aliphatic carbocycles. The van der Waals surface area contributed by atoms with Crippen molar-refractivity contribution in [1.82, 2.24) is 10.6 Å². The van der Waals surface area contributed by atoms with E-state index in [0.717, 1.165) is 32.0 Å². The minimum Gasteiger partial charge on any atom is -0.353 e. The van der Waals surface area contributed by atoms with Crippen LogP contribution in [0.4, 0.5) is 8.78 Å². The standard InChI is InChI=1S/C13H16F2N2O/c14-11-3-1-2-9(13(11)15)8-12(18)17-10-4-6-16-7-5-10/h1-3,10,16H,4-8H2,(H,17,18). The number of halogens is 2. The van der Waals surface area contributed by atoms with Gasteiger partial charge in [-0.1, -0.05) is 12.1 Å². The molecular formula is C13H16F2N2O. The lowest BCUT2D eigenvalue weighted by Crippen LogP contribution is -2.43. The van der Waals surface area contributed by atoms with Crippen LogP contribution in [-0.2, 0) is 11.2 Å². The zero-order valence-corrected chi connectivity index (χ0v) is 10.0. The Morgan fingerprint density at radius 2 is 2.06 bits per heavy atom. The summed E-state index contributed by atoms with van der Waals surface area (Å²) in [5, 5.41) is 6.04. The molecule has 1 aromatic carbocycles. The number of benzene rings is 1. The van der Waals surface area contributed by atoms with E-state index in [4.69, 9.17) is 0 Å². The maximum atomic E-state index is 13.4. The molecule has 0 saturated carbocycles. The van der Waals surface area contributed by atoms with Crippen LogP contribution >= 0.6 is 0 Å². The van der Waals surface area contributed by atoms with Gasteiger partial charge in [0.15, 0.2) is 11.6 Å². The number of carbonyl (C=O) groups excluding carboxylic acids is 1. The van der Waals surface area contributed by atoms with Crippen LogP contribution in [0.15, 0.2) is 18.2 Å². The van der Waals surface area contributed by atoms with Crippen molar-refractivity contribution in [2.45, 2.75) is 25.3 Å². The van der Waals surface area contributed by atoms with Crippen molar-refractivity contribution in [3.8, 4) is 0 Å². The van der Waals surface area contributed by atoms with Crippen molar-refractivity contribution in [1.29, 1.82) is 0 Å². The molecule has 1 heterocycles. The summed E-state index contributed by atoms with van der Waals surface area (Å²) < 4.78 is 26.3. The first-order valence-corrected chi connectivity index (χ1v) is 6.10. The van der Waals surface area contributed by atoms with Crippen LogP contribution in [0.1, 0.15) is 18.4 Å². The van der Waals surface area contributed by atoms with Gasteiger partial charge in [0.25, 0.3) is 0 Å². The van der Waals surface area contributed by atoms with E-state index in [1.54, 1.807) is 0 Å². The number of piperidine rings is 1. The Morgan fingerprint density at radius 1 is 1.33 bits per heavy atom. The van der Waals surface area contributed by atoms with E-state index in [2.05, 4.69) is 10.6 Å². The zero-order chi connectivity index (χ0) is 13.0. The summed E-state index contributed by atoms with van der Waals surface area (Å²) in [6, 6.07) is 4.02. The Kier molecular flexibility index (Phi) is 4.25. The summed E-state index contributed by atoms with van der Waals surface area (Å²) in [6.07, 6.45) is 1.63. The van der Waals surface area contributed by atoms with Crippen LogP contribution < -0.4 is 10.6 Å². The van der Waals surface area contributed by atoms with Gasteiger partial charge in [0.05, 0.1) is 6.42 Å². The van der Waals surface area contributed by atoms with Gasteiger partial charge in [0, 0.05) is 11.6 Å². The molecule has 1 fully saturated rings. The average Bonchev–Trinajstić information content (AvgIpc) is 2.36. The predicted octanol–water partition coefficient (Wildman–Crippen LogP) is 1.38. The fourth-order valence-corrected chi connectivity index (χ4v) is 2.10. The molecule has 0 unspecified atom stereocenters. The van der Waals surface area contributed by atoms with Crippen LogP contribution in [-0.4, -0.2) is 25.0 Å². The van der Waals surface area contributed by atoms with Crippen molar-refractivity contribution >= 4 is 5.91 Å². The molecule has 3 nitrogen and oxygen atoms in total. The molecular weight excluding hydrogens is 238 g/mol. The molecule has 2 N–H and O–H groups in total. The Morgan fingerprint density at radius 3 is 2.78 bits per heavy atom. The average molecular weight is 254 g/mol. The van der Waals surface area contributed by atoms with Crippen LogP contribution in [0.25, 0.3) is 0 Å². The van der Waals surface area contributed by atoms with Crippen LogP contribution in [0.3, 0.4) is 0 Å². The molecule has 1 saturated heterocycles. The topological polar surface area (TPSA) is 41.1 Å². The second kappa shape index (κ2) is 5.91. The maximum Gasteiger partial charge on any atom is 0.224 e. The van der Waals surface area contributed by atoms with Gasteiger partial charge in [-0.05, 0) is 32.0 Å². The van der Waals surface area contributed by atoms with Gasteiger partial charge in [-0.3, -0.25) is 4.79 Å². The molecule has 0 bridgehead atoms. The van der Waals surface area contributed by atoms with E-state index in [9.17, 15) is 13.6 Å². The molecule has 0 atom stereocenters. The summed E-state index contributed by atoms with van der Waals surface area (Å²) in [4.78, 5) is 11.7. The Bertz CT molecular complexity index is 431. The Hall–Kier alpha value is -1.49. The highest BCUT2D eigenvalue weighted by atomic mass is 19.2. The van der Waals surface area contributed by atoms with Crippen molar-refractivity contribution < 1.29 is 13.6 Å². The molecule has 1 aromatic rings. The van der Waals surface area contributed by atoms with Gasteiger partial charge >= 0.3 is 0 Å². The van der Waals surface area contributed by atoms with E-state index < -0.39 is 11.6 Å². The lowest BCUT2D eigenvalue weighted by Gasteiger charge is -2.23. The number of nitrogens with one attached hydrogen (secondary N) is 2. The minimum atomic E-state index is -0.932. The number of rotatable bonds is 3. The Labute approximate surface area is 105 Å². The van der Waals surface area contributed by atoms with Crippen molar-refractivity contribution in [3.05, 3.63) is 35.4 Å². The highest BCUT2D eigenvalue weighted by molar-refractivity contribution is 5.78. The van der Waals surface area contributed by atoms with E-state index in [1.807, 2.05) is 0 Å². The fourth-order valence-electron chi connectivity index (χ4n) is 2.10. The van der Waals surface area contributed by atoms with Crippen molar-refractivity contribution in [2.75, 3.05) is 13.1 Å². The van der Waals surface area contributed by atoms with Gasteiger partial charge in [-0.25, -0.2) is 8.78 Å². The number of carbonyl (C=O) groups is 1. The predicted molar refractivity (Wildman–Crippen MR) is 64.1 cm³/mol. The van der Waals surface area contributed by atoms with Crippen molar-refractivity contribution in [3.63, 3.8) is 0 Å². The SMILES string of the molecule is O=C(Cc1cccc(F)c1F)NC1CCNCC1. The Balaban J connectivity index is 1.92. The highest BCUT2D eigenvalue weighted by Gasteiger charge is 2.17. The summed E-state index contributed by atoms with van der Waals surface area (Å²) >= 11 is 0. The third-order valence-corrected chi connectivity index (χ3v) is 3.09. The molecule has 1 aliphatic heterocycles. The monoisotopic (exact) mass is 254 g/mol. The maximum absolute atomic E-state index is 13.4. The van der Waals surface area contributed by atoms with E-state index in [-0.39, 0.29) is 23.9 Å². The molecule has 0 spiro atoms. The van der Waals surface area contributed by atoms with E-state index in [0.29, 0.717) is 0 Å². The van der Waals surface area contributed by atoms with Gasteiger partial charge < -0.3 is 10.6 Å². The largest absolute Gasteiger partial charge is 0.353 e. The molecule has 1 aliphatic rings. The zero-order valence-electron chi connectivity index (χ0n) is 10.0. The first kappa shape index (κ1) is 13.0. The molecule has 0 aromatic heterocycles. The van der Waals surface area contributed by atoms with Gasteiger partial charge in [-0.15, -0.1) is 0 Å². The van der Waals surface area contributed by atoms with Crippen LogP contribution in [0.5, 0.6) is 0 Å². The normalized spacial score (nSPS) is 16.6. The third kappa shape index (κ3) is 3.26. The molecule has 5 heteroatoms. The summed E-state index contributed by atoms with van der Waals surface area (Å²) in [7, 11) is 0. The van der Waals surface area contributed by atoms with Crippen LogP contribution in [0.2, 0.25) is 0 Å². The molecule has 18 heavy (non-hydrogen) atoms. The lowest BCUT2D eigenvalue weighted by molar-refractivity contribution is -0.121. The summed E-state index contributed by atoms with van der Waals surface area (Å²) in [6.45, 7) is 1.75. The fraction of sp³-hybridized carbons (Fsp3) is 0.462. The van der Waals surface area contributed by atoms with Crippen LogP contribution in [0, 0.1) is 11.6 Å². The van der Waals surface area contributed by atoms with E-state index in [1.165, 1.54) is 12.1 Å². The highest BCUT2D eigenvalue weighted by Crippen LogP contribution is 2.12. The second-order valence-electron chi connectivity index (χ2n) is 4.48.